The van der Waals surface area contributed by atoms with Crippen LogP contribution in [-0.4, -0.2) is 9.97 Å². The summed E-state index contributed by atoms with van der Waals surface area (Å²) < 4.78 is 0. The summed E-state index contributed by atoms with van der Waals surface area (Å²) in [4.78, 5) is 8.20. The second-order valence-corrected chi connectivity index (χ2v) is 3.54. The van der Waals surface area contributed by atoms with Crippen LogP contribution >= 0.6 is 23.2 Å². The third-order valence-corrected chi connectivity index (χ3v) is 2.29. The highest BCUT2D eigenvalue weighted by Crippen LogP contribution is 2.27. The molecule has 2 aromatic rings. The van der Waals surface area contributed by atoms with E-state index < -0.39 is 0 Å². The molecule has 1 aromatic carbocycles. The first-order valence-electron chi connectivity index (χ1n) is 4.00. The van der Waals surface area contributed by atoms with Gasteiger partial charge >= 0.3 is 0 Å². The molecule has 2 nitrogen and oxygen atoms in total. The monoisotopic (exact) mass is 224 g/mol. The van der Waals surface area contributed by atoms with Crippen molar-refractivity contribution >= 4 is 23.2 Å². The zero-order valence-electron chi connectivity index (χ0n) is 7.11. The highest BCUT2D eigenvalue weighted by Gasteiger charge is 2.05. The molecule has 0 N–H and O–H groups in total. The van der Waals surface area contributed by atoms with Gasteiger partial charge in [0.1, 0.15) is 0 Å². The second kappa shape index (κ2) is 3.95. The zero-order valence-corrected chi connectivity index (χ0v) is 8.63. The van der Waals surface area contributed by atoms with Crippen LogP contribution in [0.5, 0.6) is 0 Å². The van der Waals surface area contributed by atoms with Gasteiger partial charge in [-0.05, 0) is 24.3 Å². The molecule has 0 atom stereocenters. The van der Waals surface area contributed by atoms with E-state index in [9.17, 15) is 0 Å². The van der Waals surface area contributed by atoms with Crippen molar-refractivity contribution in [3.63, 3.8) is 0 Å². The molecule has 0 unspecified atom stereocenters. The van der Waals surface area contributed by atoms with E-state index in [4.69, 9.17) is 23.2 Å². The molecule has 0 saturated heterocycles. The molecular weight excluding hydrogens is 219 g/mol. The van der Waals surface area contributed by atoms with Gasteiger partial charge in [-0.15, -0.1) is 0 Å². The Morgan fingerprint density at radius 1 is 1.00 bits per heavy atom. The predicted octanol–water partition coefficient (Wildman–Crippen LogP) is 3.45. The van der Waals surface area contributed by atoms with Crippen molar-refractivity contribution in [2.45, 2.75) is 0 Å². The van der Waals surface area contributed by atoms with Gasteiger partial charge < -0.3 is 0 Å². The number of aromatic nitrogens is 2. The average molecular weight is 225 g/mol. The maximum atomic E-state index is 6.00. The summed E-state index contributed by atoms with van der Waals surface area (Å²) in [5.41, 5.74) is 0.789. The van der Waals surface area contributed by atoms with Gasteiger partial charge in [-0.25, -0.2) is 9.97 Å². The molecular formula is C10H6Cl2N2. The lowest BCUT2D eigenvalue weighted by molar-refractivity contribution is 1.18. The summed E-state index contributed by atoms with van der Waals surface area (Å²) in [5.74, 6) is 0.606. The van der Waals surface area contributed by atoms with Crippen LogP contribution in [0.15, 0.2) is 36.7 Å². The summed E-state index contributed by atoms with van der Waals surface area (Å²) >= 11 is 11.8. The van der Waals surface area contributed by atoms with Crippen LogP contribution in [0.1, 0.15) is 0 Å². The smallest absolute Gasteiger partial charge is 0.160 e. The second-order valence-electron chi connectivity index (χ2n) is 2.70. The van der Waals surface area contributed by atoms with E-state index in [1.807, 2.05) is 0 Å². The minimum atomic E-state index is 0.559. The molecule has 1 heterocycles. The van der Waals surface area contributed by atoms with Crippen LogP contribution in [0.2, 0.25) is 10.0 Å². The normalized spacial score (nSPS) is 10.1. The molecule has 0 aliphatic rings. The van der Waals surface area contributed by atoms with Gasteiger partial charge in [-0.3, -0.25) is 0 Å². The zero-order chi connectivity index (χ0) is 9.97. The van der Waals surface area contributed by atoms with Crippen molar-refractivity contribution in [3.05, 3.63) is 46.7 Å². The first-order valence-corrected chi connectivity index (χ1v) is 4.75. The van der Waals surface area contributed by atoms with E-state index in [2.05, 4.69) is 9.97 Å². The minimum Gasteiger partial charge on any atom is -0.237 e. The van der Waals surface area contributed by atoms with Crippen molar-refractivity contribution in [2.24, 2.45) is 0 Å². The van der Waals surface area contributed by atoms with Gasteiger partial charge in [0.2, 0.25) is 0 Å². The van der Waals surface area contributed by atoms with Crippen LogP contribution in [0.25, 0.3) is 11.4 Å². The molecule has 0 aliphatic carbocycles. The maximum Gasteiger partial charge on any atom is 0.160 e. The van der Waals surface area contributed by atoms with Gasteiger partial charge in [0, 0.05) is 23.0 Å². The third kappa shape index (κ3) is 1.86. The Kier molecular flexibility index (Phi) is 2.66. The lowest BCUT2D eigenvalue weighted by Crippen LogP contribution is -1.87. The first-order chi connectivity index (χ1) is 6.77. The summed E-state index contributed by atoms with van der Waals surface area (Å²) in [7, 11) is 0. The summed E-state index contributed by atoms with van der Waals surface area (Å²) in [5, 5.41) is 1.17. The molecule has 0 aliphatic heterocycles. The van der Waals surface area contributed by atoms with Crippen LogP contribution in [0.4, 0.5) is 0 Å². The number of hydrogen-bond donors (Lipinski definition) is 0. The fourth-order valence-electron chi connectivity index (χ4n) is 1.11. The van der Waals surface area contributed by atoms with Gasteiger partial charge in [-0.1, -0.05) is 23.2 Å². The standard InChI is InChI=1S/C10H6Cl2N2/c11-7-2-3-8(9(12)6-7)10-13-4-1-5-14-10/h1-6H. The maximum absolute atomic E-state index is 6.00. The number of nitrogens with zero attached hydrogens (tertiary/aromatic N) is 2. The molecule has 70 valence electrons. The van der Waals surface area contributed by atoms with E-state index in [0.29, 0.717) is 15.9 Å². The van der Waals surface area contributed by atoms with E-state index in [-0.39, 0.29) is 0 Å². The van der Waals surface area contributed by atoms with Gasteiger partial charge in [-0.2, -0.15) is 0 Å². The lowest BCUT2D eigenvalue weighted by Gasteiger charge is -2.01. The molecule has 0 saturated carbocycles. The van der Waals surface area contributed by atoms with E-state index >= 15 is 0 Å². The lowest BCUT2D eigenvalue weighted by atomic mass is 10.2. The SMILES string of the molecule is Clc1ccc(-c2ncccn2)c(Cl)c1. The first kappa shape index (κ1) is 9.44. The molecule has 0 amide bonds. The van der Waals surface area contributed by atoms with E-state index in [1.165, 1.54) is 0 Å². The number of hydrogen-bond acceptors (Lipinski definition) is 2. The molecule has 4 heteroatoms. The molecule has 14 heavy (non-hydrogen) atoms. The fourth-order valence-corrected chi connectivity index (χ4v) is 1.60. The Morgan fingerprint density at radius 3 is 2.36 bits per heavy atom. The van der Waals surface area contributed by atoms with Crippen LogP contribution < -0.4 is 0 Å². The number of rotatable bonds is 1. The van der Waals surface area contributed by atoms with Crippen LogP contribution in [-0.2, 0) is 0 Å². The Balaban J connectivity index is 2.53. The Morgan fingerprint density at radius 2 is 1.71 bits per heavy atom. The Labute approximate surface area is 91.5 Å². The third-order valence-electron chi connectivity index (χ3n) is 1.74. The van der Waals surface area contributed by atoms with Gasteiger partial charge in [0.25, 0.3) is 0 Å². The summed E-state index contributed by atoms with van der Waals surface area (Å²) in [6, 6.07) is 7.00. The van der Waals surface area contributed by atoms with Crippen molar-refractivity contribution in [3.8, 4) is 11.4 Å². The highest BCUT2D eigenvalue weighted by molar-refractivity contribution is 6.36. The van der Waals surface area contributed by atoms with Crippen molar-refractivity contribution in [2.75, 3.05) is 0 Å². The van der Waals surface area contributed by atoms with E-state index in [1.54, 1.807) is 36.7 Å². The Bertz CT molecular complexity index is 443. The predicted molar refractivity (Wildman–Crippen MR) is 57.5 cm³/mol. The topological polar surface area (TPSA) is 25.8 Å². The van der Waals surface area contributed by atoms with Crippen LogP contribution in [0.3, 0.4) is 0 Å². The number of halogens is 2. The highest BCUT2D eigenvalue weighted by atomic mass is 35.5. The van der Waals surface area contributed by atoms with Gasteiger partial charge in [0.05, 0.1) is 5.02 Å². The molecule has 2 rings (SSSR count). The molecule has 0 spiro atoms. The summed E-state index contributed by atoms with van der Waals surface area (Å²) in [6.45, 7) is 0. The fraction of sp³-hybridized carbons (Fsp3) is 0. The molecule has 0 bridgehead atoms. The van der Waals surface area contributed by atoms with Crippen molar-refractivity contribution in [1.82, 2.24) is 9.97 Å². The number of benzene rings is 1. The summed E-state index contributed by atoms with van der Waals surface area (Å²) in [6.07, 6.45) is 3.35. The Hall–Kier alpha value is -1.12. The van der Waals surface area contributed by atoms with Crippen molar-refractivity contribution in [1.29, 1.82) is 0 Å². The minimum absolute atomic E-state index is 0.559. The molecule has 0 fully saturated rings. The molecule has 0 radical (unpaired) electrons. The van der Waals surface area contributed by atoms with Crippen LogP contribution in [0, 0.1) is 0 Å². The molecule has 1 aromatic heterocycles. The van der Waals surface area contributed by atoms with Gasteiger partial charge in [0.15, 0.2) is 5.82 Å². The largest absolute Gasteiger partial charge is 0.237 e. The average Bonchev–Trinajstić information content (AvgIpc) is 2.19. The van der Waals surface area contributed by atoms with Crippen molar-refractivity contribution < 1.29 is 0 Å². The quantitative estimate of drug-likeness (QED) is 0.742. The van der Waals surface area contributed by atoms with E-state index in [0.717, 1.165) is 5.56 Å².